The molecule has 0 spiro atoms. The maximum absolute atomic E-state index is 9.20. The molecule has 0 heterocycles. The molecular weight excluding hydrogens is 204 g/mol. The Labute approximate surface area is 78.3 Å². The maximum atomic E-state index is 9.20. The van der Waals surface area contributed by atoms with E-state index in [-0.39, 0.29) is 5.41 Å². The summed E-state index contributed by atoms with van der Waals surface area (Å²) in [5, 5.41) is 10.1. The van der Waals surface area contributed by atoms with Crippen LogP contribution >= 0.6 is 15.9 Å². The number of rotatable bonds is 5. The van der Waals surface area contributed by atoms with Crippen LogP contribution in [-0.4, -0.2) is 17.0 Å². The first kappa shape index (κ1) is 11.4. The Hall–Kier alpha value is 0.440. The van der Waals surface area contributed by atoms with Gasteiger partial charge in [0.2, 0.25) is 0 Å². The van der Waals surface area contributed by atoms with E-state index in [0.29, 0.717) is 12.5 Å². The van der Waals surface area contributed by atoms with E-state index in [4.69, 9.17) is 0 Å². The Bertz CT molecular complexity index is 89.5. The fraction of sp³-hybridized carbons (Fsp3) is 1.00. The van der Waals surface area contributed by atoms with Gasteiger partial charge in [0.05, 0.1) is 0 Å². The molecule has 2 heteroatoms. The molecule has 11 heavy (non-hydrogen) atoms. The van der Waals surface area contributed by atoms with Crippen molar-refractivity contribution in [3.8, 4) is 0 Å². The lowest BCUT2D eigenvalue weighted by molar-refractivity contribution is 0.120. The summed E-state index contributed by atoms with van der Waals surface area (Å²) in [4.78, 5) is 0. The van der Waals surface area contributed by atoms with E-state index in [0.717, 1.165) is 18.2 Å². The lowest BCUT2D eigenvalue weighted by Gasteiger charge is -2.30. The molecule has 68 valence electrons. The van der Waals surface area contributed by atoms with E-state index < -0.39 is 0 Å². The van der Waals surface area contributed by atoms with Crippen LogP contribution < -0.4 is 0 Å². The molecule has 0 aliphatic heterocycles. The molecule has 0 saturated carbocycles. The first-order valence-electron chi connectivity index (χ1n) is 4.27. The zero-order valence-electron chi connectivity index (χ0n) is 7.73. The quantitative estimate of drug-likeness (QED) is 0.710. The fourth-order valence-electron chi connectivity index (χ4n) is 1.38. The molecule has 1 N–H and O–H groups in total. The summed E-state index contributed by atoms with van der Waals surface area (Å²) in [6, 6.07) is 0. The Kier molecular flexibility index (Phi) is 5.36. The van der Waals surface area contributed by atoms with Crippen molar-refractivity contribution in [3.63, 3.8) is 0 Å². The predicted octanol–water partition coefficient (Wildman–Crippen LogP) is 2.82. The summed E-state index contributed by atoms with van der Waals surface area (Å²) in [6.45, 7) is 6.83. The molecule has 0 aliphatic carbocycles. The Morgan fingerprint density at radius 2 is 2.00 bits per heavy atom. The van der Waals surface area contributed by atoms with Crippen LogP contribution in [0.25, 0.3) is 0 Å². The molecule has 0 radical (unpaired) electrons. The minimum atomic E-state index is 0.119. The monoisotopic (exact) mass is 222 g/mol. The fourth-order valence-corrected chi connectivity index (χ4v) is 2.18. The van der Waals surface area contributed by atoms with Crippen molar-refractivity contribution in [3.05, 3.63) is 0 Å². The minimum Gasteiger partial charge on any atom is -0.396 e. The van der Waals surface area contributed by atoms with Crippen molar-refractivity contribution in [2.45, 2.75) is 33.6 Å². The van der Waals surface area contributed by atoms with Crippen molar-refractivity contribution < 1.29 is 5.11 Å². The third kappa shape index (κ3) is 3.57. The van der Waals surface area contributed by atoms with Crippen LogP contribution in [-0.2, 0) is 0 Å². The summed E-state index contributed by atoms with van der Waals surface area (Å²) in [5.74, 6) is 0.666. The van der Waals surface area contributed by atoms with Gasteiger partial charge in [-0.2, -0.15) is 0 Å². The van der Waals surface area contributed by atoms with Crippen LogP contribution in [0.3, 0.4) is 0 Å². The first-order valence-corrected chi connectivity index (χ1v) is 5.39. The highest BCUT2D eigenvalue weighted by molar-refractivity contribution is 9.09. The number of aliphatic hydroxyl groups is 1. The Morgan fingerprint density at radius 3 is 2.09 bits per heavy atom. The smallest absolute Gasteiger partial charge is 0.0495 e. The highest BCUT2D eigenvalue weighted by atomic mass is 79.9. The van der Waals surface area contributed by atoms with Gasteiger partial charge < -0.3 is 5.11 Å². The molecule has 1 nitrogen and oxygen atoms in total. The largest absolute Gasteiger partial charge is 0.396 e. The van der Waals surface area contributed by atoms with Crippen LogP contribution in [0.2, 0.25) is 0 Å². The molecule has 0 aromatic rings. The van der Waals surface area contributed by atoms with E-state index in [1.54, 1.807) is 0 Å². The standard InChI is InChI=1S/C9H19BrO/c1-4-9(6-10,7-11)5-8(2)3/h8,11H,4-7H2,1-3H3. The van der Waals surface area contributed by atoms with Gasteiger partial charge in [-0.1, -0.05) is 36.7 Å². The second-order valence-corrected chi connectivity index (χ2v) is 4.30. The molecule has 0 aromatic heterocycles. The Morgan fingerprint density at radius 1 is 1.45 bits per heavy atom. The molecule has 0 aromatic carbocycles. The number of halogens is 1. The maximum Gasteiger partial charge on any atom is 0.0495 e. The first-order chi connectivity index (χ1) is 5.10. The molecule has 0 saturated heterocycles. The molecule has 0 rings (SSSR count). The molecule has 1 atom stereocenters. The van der Waals surface area contributed by atoms with Gasteiger partial charge in [0.1, 0.15) is 0 Å². The minimum absolute atomic E-state index is 0.119. The highest BCUT2D eigenvalue weighted by Crippen LogP contribution is 2.31. The van der Waals surface area contributed by atoms with Gasteiger partial charge in [-0.3, -0.25) is 0 Å². The van der Waals surface area contributed by atoms with Gasteiger partial charge in [-0.05, 0) is 18.8 Å². The van der Waals surface area contributed by atoms with Gasteiger partial charge in [0.15, 0.2) is 0 Å². The Balaban J connectivity index is 4.05. The molecule has 1 unspecified atom stereocenters. The van der Waals surface area contributed by atoms with E-state index in [1.165, 1.54) is 0 Å². The zero-order chi connectivity index (χ0) is 8.91. The lowest BCUT2D eigenvalue weighted by Crippen LogP contribution is -2.28. The van der Waals surface area contributed by atoms with Crippen molar-refractivity contribution >= 4 is 15.9 Å². The summed E-state index contributed by atoms with van der Waals surface area (Å²) in [7, 11) is 0. The average molecular weight is 223 g/mol. The van der Waals surface area contributed by atoms with Crippen molar-refractivity contribution in [2.75, 3.05) is 11.9 Å². The molecular formula is C9H19BrO. The van der Waals surface area contributed by atoms with Crippen LogP contribution in [0.5, 0.6) is 0 Å². The summed E-state index contributed by atoms with van der Waals surface area (Å²) in [5.41, 5.74) is 0.119. The topological polar surface area (TPSA) is 20.2 Å². The summed E-state index contributed by atoms with van der Waals surface area (Å²) >= 11 is 3.46. The van der Waals surface area contributed by atoms with Crippen LogP contribution in [0.4, 0.5) is 0 Å². The number of hydrogen-bond acceptors (Lipinski definition) is 1. The highest BCUT2D eigenvalue weighted by Gasteiger charge is 2.26. The van der Waals surface area contributed by atoms with Crippen molar-refractivity contribution in [1.29, 1.82) is 0 Å². The van der Waals surface area contributed by atoms with Gasteiger partial charge >= 0.3 is 0 Å². The number of alkyl halides is 1. The van der Waals surface area contributed by atoms with Crippen molar-refractivity contribution in [1.82, 2.24) is 0 Å². The lowest BCUT2D eigenvalue weighted by atomic mass is 9.80. The number of hydrogen-bond donors (Lipinski definition) is 1. The van der Waals surface area contributed by atoms with E-state index in [1.807, 2.05) is 0 Å². The van der Waals surface area contributed by atoms with Crippen LogP contribution in [0.15, 0.2) is 0 Å². The predicted molar refractivity (Wildman–Crippen MR) is 53.1 cm³/mol. The zero-order valence-corrected chi connectivity index (χ0v) is 9.32. The van der Waals surface area contributed by atoms with Crippen molar-refractivity contribution in [2.24, 2.45) is 11.3 Å². The molecule has 0 bridgehead atoms. The third-order valence-corrected chi connectivity index (χ3v) is 3.40. The van der Waals surface area contributed by atoms with Gasteiger partial charge in [0, 0.05) is 17.4 Å². The van der Waals surface area contributed by atoms with Gasteiger partial charge in [0.25, 0.3) is 0 Å². The van der Waals surface area contributed by atoms with Crippen LogP contribution in [0, 0.1) is 11.3 Å². The van der Waals surface area contributed by atoms with E-state index >= 15 is 0 Å². The summed E-state index contributed by atoms with van der Waals surface area (Å²) in [6.07, 6.45) is 2.15. The SMILES string of the molecule is CCC(CO)(CBr)CC(C)C. The van der Waals surface area contributed by atoms with Gasteiger partial charge in [-0.25, -0.2) is 0 Å². The second-order valence-electron chi connectivity index (χ2n) is 3.74. The van der Waals surface area contributed by atoms with E-state index in [9.17, 15) is 5.11 Å². The van der Waals surface area contributed by atoms with E-state index in [2.05, 4.69) is 36.7 Å². The normalized spacial score (nSPS) is 16.9. The van der Waals surface area contributed by atoms with Crippen LogP contribution in [0.1, 0.15) is 33.6 Å². The molecule has 0 amide bonds. The average Bonchev–Trinajstić information content (AvgIpc) is 2.00. The molecule has 0 aliphatic rings. The molecule has 0 fully saturated rings. The number of aliphatic hydroxyl groups excluding tert-OH is 1. The summed E-state index contributed by atoms with van der Waals surface area (Å²) < 4.78 is 0. The third-order valence-electron chi connectivity index (χ3n) is 2.21. The van der Waals surface area contributed by atoms with Gasteiger partial charge in [-0.15, -0.1) is 0 Å². The second kappa shape index (κ2) is 5.15.